The number of hydrogen-bond acceptors (Lipinski definition) is 3. The van der Waals surface area contributed by atoms with Gasteiger partial charge in [0.05, 0.1) is 6.42 Å². The van der Waals surface area contributed by atoms with E-state index in [9.17, 15) is 18.4 Å². The molecule has 0 saturated heterocycles. The average Bonchev–Trinajstić information content (AvgIpc) is 2.74. The molecule has 1 aliphatic heterocycles. The summed E-state index contributed by atoms with van der Waals surface area (Å²) in [6.07, 6.45) is -1.63. The van der Waals surface area contributed by atoms with Crippen LogP contribution in [0, 0.1) is 6.92 Å². The molecule has 35 heavy (non-hydrogen) atoms. The van der Waals surface area contributed by atoms with Crippen LogP contribution in [-0.4, -0.2) is 29.6 Å². The number of alkyl halides is 2. The Bertz CT molecular complexity index is 1140. The molecule has 2 aromatic rings. The van der Waals surface area contributed by atoms with Gasteiger partial charge >= 0.3 is 12.1 Å². The number of halogens is 2. The molecular weight excluding hydrogens is 452 g/mol. The molecule has 0 fully saturated rings. The van der Waals surface area contributed by atoms with Gasteiger partial charge in [-0.05, 0) is 67.1 Å². The van der Waals surface area contributed by atoms with Crippen molar-refractivity contribution in [2.75, 3.05) is 11.4 Å². The predicted molar refractivity (Wildman–Crippen MR) is 133 cm³/mol. The number of benzene rings is 2. The highest BCUT2D eigenvalue weighted by atomic mass is 19.3. The lowest BCUT2D eigenvalue weighted by Crippen LogP contribution is -2.41. The van der Waals surface area contributed by atoms with Crippen molar-refractivity contribution in [1.82, 2.24) is 0 Å². The third kappa shape index (κ3) is 5.89. The first-order chi connectivity index (χ1) is 16.4. The molecule has 7 heteroatoms. The number of fused-ring (bicyclic) bond motifs is 1. The van der Waals surface area contributed by atoms with E-state index in [0.717, 1.165) is 28.5 Å². The van der Waals surface area contributed by atoms with Gasteiger partial charge in [0, 0.05) is 36.1 Å². The summed E-state index contributed by atoms with van der Waals surface area (Å²) in [5.74, 6) is -0.839. The number of carboxylic acid groups (broad SMARTS) is 1. The largest absolute Gasteiger partial charge is 0.481 e. The van der Waals surface area contributed by atoms with E-state index in [1.165, 1.54) is 6.07 Å². The number of carboxylic acids is 1. The molecule has 0 aromatic heterocycles. The SMILES string of the molecule is C=CCC(F)(F)Oc1ccc(CCCC(=O)O)cc1-c1cc2c(cc1C)C(C)(C)CC(=O)N2CC. The van der Waals surface area contributed by atoms with Crippen LogP contribution in [0.25, 0.3) is 11.1 Å². The summed E-state index contributed by atoms with van der Waals surface area (Å²) in [5, 5.41) is 8.96. The van der Waals surface area contributed by atoms with Crippen molar-refractivity contribution in [2.45, 2.75) is 71.3 Å². The lowest BCUT2D eigenvalue weighted by atomic mass is 9.75. The van der Waals surface area contributed by atoms with Gasteiger partial charge in [-0.25, -0.2) is 0 Å². The first kappa shape index (κ1) is 26.4. The second-order valence-electron chi connectivity index (χ2n) is 9.69. The third-order valence-electron chi connectivity index (χ3n) is 6.40. The van der Waals surface area contributed by atoms with Gasteiger partial charge < -0.3 is 14.7 Å². The maximum atomic E-state index is 14.4. The second kappa shape index (κ2) is 10.2. The highest BCUT2D eigenvalue weighted by Gasteiger charge is 2.37. The molecule has 1 aliphatic rings. The lowest BCUT2D eigenvalue weighted by Gasteiger charge is -2.39. The van der Waals surface area contributed by atoms with E-state index in [4.69, 9.17) is 9.84 Å². The van der Waals surface area contributed by atoms with Crippen molar-refractivity contribution in [3.8, 4) is 16.9 Å². The Kier molecular flexibility index (Phi) is 7.68. The minimum absolute atomic E-state index is 0.0194. The molecule has 188 valence electrons. The van der Waals surface area contributed by atoms with Crippen LogP contribution in [0.3, 0.4) is 0 Å². The van der Waals surface area contributed by atoms with Crippen LogP contribution in [0.5, 0.6) is 5.75 Å². The topological polar surface area (TPSA) is 66.8 Å². The van der Waals surface area contributed by atoms with Crippen molar-refractivity contribution in [3.63, 3.8) is 0 Å². The summed E-state index contributed by atoms with van der Waals surface area (Å²) < 4.78 is 34.0. The van der Waals surface area contributed by atoms with Gasteiger partial charge in [0.15, 0.2) is 0 Å². The Morgan fingerprint density at radius 2 is 1.97 bits per heavy atom. The first-order valence-electron chi connectivity index (χ1n) is 11.9. The van der Waals surface area contributed by atoms with Gasteiger partial charge in [0.1, 0.15) is 5.75 Å². The molecule has 1 N–H and O–H groups in total. The second-order valence-corrected chi connectivity index (χ2v) is 9.69. The van der Waals surface area contributed by atoms with Crippen molar-refractivity contribution >= 4 is 17.6 Å². The molecule has 1 amide bonds. The maximum absolute atomic E-state index is 14.4. The summed E-state index contributed by atoms with van der Waals surface area (Å²) in [7, 11) is 0. The molecule has 5 nitrogen and oxygen atoms in total. The molecule has 3 rings (SSSR count). The molecule has 1 heterocycles. The van der Waals surface area contributed by atoms with Crippen LogP contribution in [0.4, 0.5) is 14.5 Å². The fourth-order valence-corrected chi connectivity index (χ4v) is 4.65. The number of rotatable bonds is 10. The highest BCUT2D eigenvalue weighted by Crippen LogP contribution is 2.45. The van der Waals surface area contributed by atoms with Gasteiger partial charge in [-0.15, -0.1) is 6.58 Å². The van der Waals surface area contributed by atoms with Crippen LogP contribution in [0.1, 0.15) is 63.1 Å². The zero-order valence-electron chi connectivity index (χ0n) is 20.8. The Labute approximate surface area is 205 Å². The number of nitrogens with zero attached hydrogens (tertiary/aromatic N) is 1. The van der Waals surface area contributed by atoms with E-state index in [2.05, 4.69) is 6.58 Å². The summed E-state index contributed by atoms with van der Waals surface area (Å²) in [4.78, 5) is 25.5. The maximum Gasteiger partial charge on any atom is 0.401 e. The van der Waals surface area contributed by atoms with Crippen molar-refractivity contribution in [2.24, 2.45) is 0 Å². The minimum Gasteiger partial charge on any atom is -0.481 e. The summed E-state index contributed by atoms with van der Waals surface area (Å²) in [6, 6.07) is 8.89. The molecule has 2 aromatic carbocycles. The van der Waals surface area contributed by atoms with E-state index in [1.807, 2.05) is 39.8 Å². The lowest BCUT2D eigenvalue weighted by molar-refractivity contribution is -0.172. The first-order valence-corrected chi connectivity index (χ1v) is 11.9. The van der Waals surface area contributed by atoms with Crippen molar-refractivity contribution in [1.29, 1.82) is 0 Å². The number of hydrogen-bond donors (Lipinski definition) is 1. The molecule has 0 spiro atoms. The molecule has 0 saturated carbocycles. The van der Waals surface area contributed by atoms with E-state index in [-0.39, 0.29) is 23.5 Å². The third-order valence-corrected chi connectivity index (χ3v) is 6.40. The number of aryl methyl sites for hydroxylation is 2. The van der Waals surface area contributed by atoms with Crippen molar-refractivity contribution < 1.29 is 28.2 Å². The quantitative estimate of drug-likeness (QED) is 0.383. The van der Waals surface area contributed by atoms with Crippen LogP contribution in [-0.2, 0) is 21.4 Å². The van der Waals surface area contributed by atoms with E-state index < -0.39 is 18.5 Å². The Balaban J connectivity index is 2.16. The van der Waals surface area contributed by atoms with Crippen LogP contribution in [0.2, 0.25) is 0 Å². The summed E-state index contributed by atoms with van der Waals surface area (Å²) in [5.41, 5.74) is 4.33. The summed E-state index contributed by atoms with van der Waals surface area (Å²) in [6.45, 7) is 11.8. The van der Waals surface area contributed by atoms with Gasteiger partial charge in [0.2, 0.25) is 5.91 Å². The number of anilines is 1. The average molecular weight is 486 g/mol. The van der Waals surface area contributed by atoms with E-state index in [0.29, 0.717) is 36.9 Å². The number of aliphatic carboxylic acids is 1. The van der Waals surface area contributed by atoms with Crippen LogP contribution in [0.15, 0.2) is 43.0 Å². The fraction of sp³-hybridized carbons (Fsp3) is 0.429. The molecule has 0 atom stereocenters. The standard InChI is InChI=1S/C28H33F2NO4/c1-6-13-28(29,30)35-24-12-11-19(9-8-10-26(33)34)15-21(24)20-16-23-22(14-18(20)3)27(4,5)17-25(32)31(23)7-2/h6,11-12,14-16H,1,7-10,13,17H2,2-5H3,(H,33,34). The van der Waals surface area contributed by atoms with Gasteiger partial charge in [-0.3, -0.25) is 9.59 Å². The number of amides is 1. The predicted octanol–water partition coefficient (Wildman–Crippen LogP) is 6.65. The zero-order valence-corrected chi connectivity index (χ0v) is 20.8. The molecular formula is C28H33F2NO4. The van der Waals surface area contributed by atoms with Gasteiger partial charge in [0.25, 0.3) is 0 Å². The number of carbonyl (C=O) groups is 2. The van der Waals surface area contributed by atoms with Crippen LogP contribution >= 0.6 is 0 Å². The monoisotopic (exact) mass is 485 g/mol. The number of carbonyl (C=O) groups excluding carboxylic acids is 1. The molecule has 0 aliphatic carbocycles. The summed E-state index contributed by atoms with van der Waals surface area (Å²) >= 11 is 0. The fourth-order valence-electron chi connectivity index (χ4n) is 4.65. The minimum atomic E-state index is -3.43. The normalized spacial score (nSPS) is 15.0. The Morgan fingerprint density at radius 3 is 2.60 bits per heavy atom. The number of ether oxygens (including phenoxy) is 1. The van der Waals surface area contributed by atoms with Gasteiger partial charge in [-0.1, -0.05) is 32.1 Å². The smallest absolute Gasteiger partial charge is 0.401 e. The molecule has 0 unspecified atom stereocenters. The zero-order chi connectivity index (χ0) is 26.0. The molecule has 0 radical (unpaired) electrons. The van der Waals surface area contributed by atoms with Crippen LogP contribution < -0.4 is 9.64 Å². The molecule has 0 bridgehead atoms. The van der Waals surface area contributed by atoms with Gasteiger partial charge in [-0.2, -0.15) is 8.78 Å². The van der Waals surface area contributed by atoms with Crippen molar-refractivity contribution in [3.05, 3.63) is 59.7 Å². The van der Waals surface area contributed by atoms with E-state index in [1.54, 1.807) is 17.0 Å². The highest BCUT2D eigenvalue weighted by molar-refractivity contribution is 5.99. The Hall–Kier alpha value is -3.22. The Morgan fingerprint density at radius 1 is 1.26 bits per heavy atom. The van der Waals surface area contributed by atoms with E-state index >= 15 is 0 Å².